The average Bonchev–Trinajstić information content (AvgIpc) is 3.98. The van der Waals surface area contributed by atoms with Gasteiger partial charge in [0.2, 0.25) is 23.6 Å². The van der Waals surface area contributed by atoms with Gasteiger partial charge in [0.05, 0.1) is 43.5 Å². The van der Waals surface area contributed by atoms with E-state index in [-0.39, 0.29) is 82.8 Å². The maximum atomic E-state index is 13.2. The first-order valence-electron chi connectivity index (χ1n) is 25.4. The van der Waals surface area contributed by atoms with Crippen LogP contribution < -0.4 is 0 Å². The van der Waals surface area contributed by atoms with Crippen LogP contribution in [0, 0.1) is 35.5 Å². The molecule has 18 nitrogen and oxygen atoms in total. The molecule has 2 saturated heterocycles. The van der Waals surface area contributed by atoms with Gasteiger partial charge in [-0.15, -0.1) is 0 Å². The Morgan fingerprint density at radius 2 is 0.822 bits per heavy atom. The second-order valence-corrected chi connectivity index (χ2v) is 28.3. The van der Waals surface area contributed by atoms with E-state index in [2.05, 4.69) is 6.58 Å². The molecule has 0 saturated carbocycles. The maximum absolute atomic E-state index is 13.2. The van der Waals surface area contributed by atoms with Gasteiger partial charge in [0.15, 0.2) is 22.1 Å². The number of imide groups is 4. The highest BCUT2D eigenvalue weighted by atomic mass is 31.2. The van der Waals surface area contributed by atoms with Crippen molar-refractivity contribution in [1.29, 1.82) is 0 Å². The summed E-state index contributed by atoms with van der Waals surface area (Å²) in [5, 5.41) is 0. The molecule has 404 valence electrons. The molecule has 0 aromatic carbocycles. The Morgan fingerprint density at radius 1 is 0.493 bits per heavy atom. The molecule has 4 aliphatic heterocycles. The van der Waals surface area contributed by atoms with Crippen LogP contribution in [0.15, 0.2) is 73.4 Å². The van der Waals surface area contributed by atoms with Gasteiger partial charge in [-0.3, -0.25) is 71.7 Å². The van der Waals surface area contributed by atoms with Crippen molar-refractivity contribution < 1.29 is 65.6 Å². The van der Waals surface area contributed by atoms with E-state index in [0.717, 1.165) is 44.9 Å². The SMILES string of the molecule is C=C/C=C/CCOP(C)(C)=O.CP(C)(=O)OCCC1C=CCC2C(=O)N(CCCCCCN3C(=O)C4CC=CC(CCOP(C)(C)=O)C4C3=O)C(=O)C12.O=C1C=CC(=O)N1CCCCCCN1C(=O)C=CC1=O. The molecule has 0 radical (unpaired) electrons. The van der Waals surface area contributed by atoms with Crippen LogP contribution in [0.5, 0.6) is 0 Å². The van der Waals surface area contributed by atoms with Crippen molar-refractivity contribution in [3.05, 3.63) is 73.4 Å². The van der Waals surface area contributed by atoms with E-state index in [9.17, 15) is 52.1 Å². The van der Waals surface area contributed by atoms with Crippen LogP contribution in [-0.4, -0.2) is 153 Å². The summed E-state index contributed by atoms with van der Waals surface area (Å²) < 4.78 is 50.6. The summed E-state index contributed by atoms with van der Waals surface area (Å²) in [5.41, 5.74) is 0. The van der Waals surface area contributed by atoms with E-state index in [0.29, 0.717) is 84.5 Å². The summed E-state index contributed by atoms with van der Waals surface area (Å²) in [5.74, 6) is -3.12. The smallest absolute Gasteiger partial charge is 0.253 e. The molecule has 73 heavy (non-hydrogen) atoms. The van der Waals surface area contributed by atoms with Crippen LogP contribution in [0.3, 0.4) is 0 Å². The van der Waals surface area contributed by atoms with Gasteiger partial charge in [0, 0.05) is 90.5 Å². The minimum Gasteiger partial charge on any atom is -0.329 e. The third-order valence-corrected chi connectivity index (χ3v) is 15.5. The van der Waals surface area contributed by atoms with Gasteiger partial charge in [0.1, 0.15) is 0 Å². The van der Waals surface area contributed by atoms with Gasteiger partial charge in [-0.05, 0) is 69.6 Å². The average molecular weight is 1080 g/mol. The molecule has 6 unspecified atom stereocenters. The lowest BCUT2D eigenvalue weighted by Gasteiger charge is -2.26. The van der Waals surface area contributed by atoms with Crippen LogP contribution >= 0.6 is 22.1 Å². The first kappa shape index (κ1) is 61.1. The Balaban J connectivity index is 0.000000305. The molecule has 4 heterocycles. The van der Waals surface area contributed by atoms with Crippen LogP contribution in [-0.2, 0) is 65.6 Å². The van der Waals surface area contributed by atoms with Crippen molar-refractivity contribution in [1.82, 2.24) is 19.6 Å². The van der Waals surface area contributed by atoms with Gasteiger partial charge >= 0.3 is 0 Å². The standard InChI is InChI=1S/C30H46N2O8P2.C14H16N2O4.C8H15O2P/c1-41(2,37)39-19-15-21-11-9-13-23-25(21)29(35)31(27(23)33)17-7-5-6-8-18-32-28(34)24-14-10-12-22(26(24)30(32)36)16-20-40-42(3,4)38;17-11-5-6-12(18)15(11)9-3-1-2-4-10-16-13(19)7-8-14(16)20;1-4-5-6-7-8-10-11(2,3)9/h9-12,21-26H,5-8,13-20H2,1-4H3;5-8H,1-4,9-10H2;4-6H,1,7-8H2,2-3H3/b;;6-5+. The number of allylic oxidation sites excluding steroid dienone is 6. The molecule has 6 aliphatic rings. The third-order valence-electron chi connectivity index (χ3n) is 13.1. The van der Waals surface area contributed by atoms with Crippen molar-refractivity contribution >= 4 is 69.4 Å². The number of likely N-dealkylation sites (tertiary alicyclic amines) is 2. The second kappa shape index (κ2) is 29.0. The second-order valence-electron chi connectivity index (χ2n) is 20.0. The number of hydrogen-bond donors (Lipinski definition) is 0. The van der Waals surface area contributed by atoms with E-state index < -0.39 is 22.1 Å². The molecule has 2 aliphatic carbocycles. The molecular formula is C52H77N4O14P3. The number of fused-ring (bicyclic) bond motifs is 2. The van der Waals surface area contributed by atoms with Gasteiger partial charge in [-0.1, -0.05) is 74.8 Å². The minimum absolute atomic E-state index is 0.0988. The molecule has 6 atom stereocenters. The zero-order valence-electron chi connectivity index (χ0n) is 43.5. The molecule has 0 N–H and O–H groups in total. The van der Waals surface area contributed by atoms with E-state index in [1.165, 1.54) is 43.9 Å². The number of nitrogens with zero attached hydrogens (tertiary/aromatic N) is 4. The van der Waals surface area contributed by atoms with Crippen molar-refractivity contribution in [2.75, 3.05) is 86.0 Å². The first-order valence-corrected chi connectivity index (χ1v) is 33.0. The minimum atomic E-state index is -2.60. The highest BCUT2D eigenvalue weighted by molar-refractivity contribution is 7.57. The van der Waals surface area contributed by atoms with E-state index in [1.54, 1.807) is 46.1 Å². The van der Waals surface area contributed by atoms with Crippen LogP contribution in [0.2, 0.25) is 0 Å². The largest absolute Gasteiger partial charge is 0.329 e. The van der Waals surface area contributed by atoms with E-state index in [4.69, 9.17) is 13.6 Å². The maximum Gasteiger partial charge on any atom is 0.253 e. The number of hydrogen-bond acceptors (Lipinski definition) is 14. The van der Waals surface area contributed by atoms with Crippen LogP contribution in [0.25, 0.3) is 0 Å². The fraction of sp³-hybridized carbons (Fsp3) is 0.615. The molecule has 8 amide bonds. The van der Waals surface area contributed by atoms with Crippen molar-refractivity contribution in [2.45, 2.75) is 83.5 Å². The van der Waals surface area contributed by atoms with Gasteiger partial charge in [-0.25, -0.2) is 0 Å². The Bertz CT molecular complexity index is 2150. The molecule has 2 fully saturated rings. The zero-order valence-corrected chi connectivity index (χ0v) is 46.2. The fourth-order valence-corrected chi connectivity index (χ4v) is 11.2. The van der Waals surface area contributed by atoms with Gasteiger partial charge in [-0.2, -0.15) is 0 Å². The number of rotatable bonds is 27. The third kappa shape index (κ3) is 19.7. The lowest BCUT2D eigenvalue weighted by atomic mass is 9.76. The number of carbonyl (C=O) groups excluding carboxylic acids is 8. The predicted octanol–water partition coefficient (Wildman–Crippen LogP) is 7.86. The normalized spacial score (nSPS) is 23.8. The summed E-state index contributed by atoms with van der Waals surface area (Å²) >= 11 is 0. The van der Waals surface area contributed by atoms with Crippen molar-refractivity contribution in [3.8, 4) is 0 Å². The number of amides is 8. The molecule has 6 rings (SSSR count). The molecule has 0 aromatic rings. The lowest BCUT2D eigenvalue weighted by Crippen LogP contribution is -2.33. The molecule has 0 spiro atoms. The Hall–Kier alpha value is -4.43. The molecule has 21 heteroatoms. The zero-order chi connectivity index (χ0) is 53.9. The Labute approximate surface area is 431 Å². The summed E-state index contributed by atoms with van der Waals surface area (Å²) in [4.78, 5) is 103. The fourth-order valence-electron chi connectivity index (χ4n) is 9.56. The molecule has 0 bridgehead atoms. The summed E-state index contributed by atoms with van der Waals surface area (Å²) in [6.07, 6.45) is 27.6. The Kier molecular flexibility index (Phi) is 24.3. The predicted molar refractivity (Wildman–Crippen MR) is 280 cm³/mol. The molecular weight excluding hydrogens is 998 g/mol. The summed E-state index contributed by atoms with van der Waals surface area (Å²) in [7, 11) is -7.48. The van der Waals surface area contributed by atoms with Crippen molar-refractivity contribution in [3.63, 3.8) is 0 Å². The van der Waals surface area contributed by atoms with Crippen molar-refractivity contribution in [2.24, 2.45) is 35.5 Å². The van der Waals surface area contributed by atoms with Crippen LogP contribution in [0.1, 0.15) is 83.5 Å². The number of unbranched alkanes of at least 4 members (excludes halogenated alkanes) is 6. The highest BCUT2D eigenvalue weighted by Crippen LogP contribution is 2.44. The van der Waals surface area contributed by atoms with E-state index in [1.807, 2.05) is 36.5 Å². The number of carbonyl (C=O) groups is 8. The molecule has 0 aromatic heterocycles. The first-order chi connectivity index (χ1) is 34.4. The summed E-state index contributed by atoms with van der Waals surface area (Å²) in [6.45, 7) is 15.7. The lowest BCUT2D eigenvalue weighted by molar-refractivity contribution is -0.142. The van der Waals surface area contributed by atoms with Gasteiger partial charge in [0.25, 0.3) is 23.6 Å². The highest BCUT2D eigenvalue weighted by Gasteiger charge is 2.51. The quantitative estimate of drug-likeness (QED) is 0.0251. The van der Waals surface area contributed by atoms with Gasteiger partial charge < -0.3 is 13.6 Å². The topological polar surface area (TPSA) is 228 Å². The van der Waals surface area contributed by atoms with Crippen LogP contribution in [0.4, 0.5) is 0 Å². The Morgan fingerprint density at radius 3 is 1.15 bits per heavy atom. The summed E-state index contributed by atoms with van der Waals surface area (Å²) in [6, 6.07) is 0. The monoisotopic (exact) mass is 1070 g/mol. The van der Waals surface area contributed by atoms with E-state index >= 15 is 0 Å².